The highest BCUT2D eigenvalue weighted by Crippen LogP contribution is 2.33. The van der Waals surface area contributed by atoms with Crippen LogP contribution in [0.1, 0.15) is 11.1 Å². The molecule has 2 heterocycles. The Bertz CT molecular complexity index is 867. The third-order valence-corrected chi connectivity index (χ3v) is 3.66. The second-order valence-corrected chi connectivity index (χ2v) is 5.18. The van der Waals surface area contributed by atoms with Gasteiger partial charge >= 0.3 is 5.97 Å². The molecule has 0 saturated carbocycles. The summed E-state index contributed by atoms with van der Waals surface area (Å²) in [5.74, 6) is 1.84. The van der Waals surface area contributed by atoms with Crippen molar-refractivity contribution in [3.05, 3.63) is 59.3 Å². The first-order chi connectivity index (χ1) is 11.7. The monoisotopic (exact) mass is 323 g/mol. The molecule has 0 atom stereocenters. The number of carbonyl (C=O) groups excluding carboxylic acids is 1. The summed E-state index contributed by atoms with van der Waals surface area (Å²) in [4.78, 5) is 16.3. The third-order valence-electron chi connectivity index (χ3n) is 3.66. The van der Waals surface area contributed by atoms with E-state index in [2.05, 4.69) is 4.99 Å². The van der Waals surface area contributed by atoms with Gasteiger partial charge in [-0.1, -0.05) is 6.07 Å². The molecular formula is C18H13NO5. The van der Waals surface area contributed by atoms with E-state index in [9.17, 15) is 4.79 Å². The first kappa shape index (κ1) is 14.3. The van der Waals surface area contributed by atoms with Crippen molar-refractivity contribution >= 4 is 17.9 Å². The van der Waals surface area contributed by atoms with E-state index in [0.717, 1.165) is 11.3 Å². The SMILES string of the molecule is COc1ccc(C2=NC(=Cc3ccc4c(c3)OCO4)C(=O)O2)cc1. The molecule has 120 valence electrons. The zero-order valence-corrected chi connectivity index (χ0v) is 12.8. The lowest BCUT2D eigenvalue weighted by Crippen LogP contribution is -2.05. The van der Waals surface area contributed by atoms with Crippen LogP contribution in [0.3, 0.4) is 0 Å². The lowest BCUT2D eigenvalue weighted by Gasteiger charge is -2.01. The minimum absolute atomic E-state index is 0.206. The van der Waals surface area contributed by atoms with Crippen LogP contribution in [-0.2, 0) is 9.53 Å². The molecule has 24 heavy (non-hydrogen) atoms. The number of cyclic esters (lactones) is 1. The van der Waals surface area contributed by atoms with Gasteiger partial charge in [0, 0.05) is 5.56 Å². The van der Waals surface area contributed by atoms with Crippen molar-refractivity contribution in [2.75, 3.05) is 13.9 Å². The number of methoxy groups -OCH3 is 1. The average Bonchev–Trinajstić information content (AvgIpc) is 3.21. The Balaban J connectivity index is 1.63. The molecule has 0 radical (unpaired) electrons. The molecular weight excluding hydrogens is 310 g/mol. The summed E-state index contributed by atoms with van der Waals surface area (Å²) in [5, 5.41) is 0. The van der Waals surface area contributed by atoms with E-state index in [4.69, 9.17) is 18.9 Å². The van der Waals surface area contributed by atoms with Crippen LogP contribution in [0, 0.1) is 0 Å². The molecule has 0 fully saturated rings. The highest BCUT2D eigenvalue weighted by atomic mass is 16.7. The van der Waals surface area contributed by atoms with Gasteiger partial charge in [-0.15, -0.1) is 0 Å². The first-order valence-corrected chi connectivity index (χ1v) is 7.29. The summed E-state index contributed by atoms with van der Waals surface area (Å²) in [7, 11) is 1.59. The lowest BCUT2D eigenvalue weighted by atomic mass is 10.1. The maximum atomic E-state index is 12.0. The van der Waals surface area contributed by atoms with Crippen molar-refractivity contribution in [2.24, 2.45) is 4.99 Å². The van der Waals surface area contributed by atoms with Gasteiger partial charge in [-0.25, -0.2) is 9.79 Å². The zero-order valence-electron chi connectivity index (χ0n) is 12.8. The number of rotatable bonds is 3. The topological polar surface area (TPSA) is 66.3 Å². The van der Waals surface area contributed by atoms with Crippen LogP contribution in [0.5, 0.6) is 17.2 Å². The average molecular weight is 323 g/mol. The van der Waals surface area contributed by atoms with E-state index in [1.165, 1.54) is 0 Å². The van der Waals surface area contributed by atoms with Crippen LogP contribution < -0.4 is 14.2 Å². The van der Waals surface area contributed by atoms with Crippen LogP contribution in [-0.4, -0.2) is 25.8 Å². The molecule has 2 aromatic rings. The zero-order chi connectivity index (χ0) is 16.5. The number of nitrogens with zero attached hydrogens (tertiary/aromatic N) is 1. The molecule has 0 bridgehead atoms. The number of hydrogen-bond donors (Lipinski definition) is 0. The van der Waals surface area contributed by atoms with E-state index >= 15 is 0 Å². The molecule has 2 aromatic carbocycles. The fourth-order valence-electron chi connectivity index (χ4n) is 2.43. The van der Waals surface area contributed by atoms with Crippen molar-refractivity contribution in [2.45, 2.75) is 0 Å². The molecule has 2 aliphatic heterocycles. The highest BCUT2D eigenvalue weighted by molar-refractivity contribution is 6.12. The number of aliphatic imine (C=N–C) groups is 1. The Labute approximate surface area is 137 Å². The molecule has 0 N–H and O–H groups in total. The quantitative estimate of drug-likeness (QED) is 0.642. The number of esters is 1. The Kier molecular flexibility index (Phi) is 3.42. The molecule has 0 unspecified atom stereocenters. The largest absolute Gasteiger partial charge is 0.497 e. The maximum Gasteiger partial charge on any atom is 0.363 e. The van der Waals surface area contributed by atoms with Crippen molar-refractivity contribution in [3.8, 4) is 17.2 Å². The van der Waals surface area contributed by atoms with Gasteiger partial charge in [-0.2, -0.15) is 0 Å². The van der Waals surface area contributed by atoms with Crippen LogP contribution in [0.2, 0.25) is 0 Å². The number of fused-ring (bicyclic) bond motifs is 1. The summed E-state index contributed by atoms with van der Waals surface area (Å²) in [6, 6.07) is 12.6. The van der Waals surface area contributed by atoms with Crippen LogP contribution in [0.4, 0.5) is 0 Å². The molecule has 6 nitrogen and oxygen atoms in total. The van der Waals surface area contributed by atoms with Gasteiger partial charge in [0.2, 0.25) is 12.7 Å². The highest BCUT2D eigenvalue weighted by Gasteiger charge is 2.24. The summed E-state index contributed by atoms with van der Waals surface area (Å²) < 4.78 is 20.9. The van der Waals surface area contributed by atoms with Gasteiger partial charge in [-0.05, 0) is 48.0 Å². The smallest absolute Gasteiger partial charge is 0.363 e. The molecule has 0 amide bonds. The Morgan fingerprint density at radius 1 is 1.08 bits per heavy atom. The van der Waals surface area contributed by atoms with Gasteiger partial charge in [0.25, 0.3) is 0 Å². The second-order valence-electron chi connectivity index (χ2n) is 5.18. The van der Waals surface area contributed by atoms with E-state index in [0.29, 0.717) is 17.1 Å². The molecule has 0 aromatic heterocycles. The number of ether oxygens (including phenoxy) is 4. The molecule has 0 spiro atoms. The lowest BCUT2D eigenvalue weighted by molar-refractivity contribution is -0.129. The minimum Gasteiger partial charge on any atom is -0.497 e. The summed E-state index contributed by atoms with van der Waals surface area (Å²) in [5.41, 5.74) is 1.73. The van der Waals surface area contributed by atoms with Gasteiger partial charge in [0.15, 0.2) is 17.2 Å². The molecule has 2 aliphatic rings. The maximum absolute atomic E-state index is 12.0. The summed E-state index contributed by atoms with van der Waals surface area (Å²) in [6.07, 6.45) is 1.65. The van der Waals surface area contributed by atoms with Gasteiger partial charge in [0.05, 0.1) is 7.11 Å². The van der Waals surface area contributed by atoms with Crippen LogP contribution in [0.15, 0.2) is 53.2 Å². The van der Waals surface area contributed by atoms with Crippen LogP contribution >= 0.6 is 0 Å². The summed E-state index contributed by atoms with van der Waals surface area (Å²) in [6.45, 7) is 0.206. The van der Waals surface area contributed by atoms with Crippen LogP contribution in [0.25, 0.3) is 6.08 Å². The van der Waals surface area contributed by atoms with Gasteiger partial charge < -0.3 is 18.9 Å². The van der Waals surface area contributed by atoms with E-state index in [1.54, 1.807) is 49.6 Å². The number of carbonyl (C=O) groups is 1. The van der Waals surface area contributed by atoms with Crippen molar-refractivity contribution in [1.29, 1.82) is 0 Å². The van der Waals surface area contributed by atoms with E-state index < -0.39 is 5.97 Å². The molecule has 0 saturated heterocycles. The Hall–Kier alpha value is -3.28. The number of benzene rings is 2. The minimum atomic E-state index is -0.488. The second kappa shape index (κ2) is 5.73. The van der Waals surface area contributed by atoms with Gasteiger partial charge in [-0.3, -0.25) is 0 Å². The molecule has 4 rings (SSSR count). The fraction of sp³-hybridized carbons (Fsp3) is 0.111. The van der Waals surface area contributed by atoms with E-state index in [1.807, 2.05) is 6.07 Å². The fourth-order valence-corrected chi connectivity index (χ4v) is 2.43. The Morgan fingerprint density at radius 3 is 2.67 bits per heavy atom. The van der Waals surface area contributed by atoms with Crippen molar-refractivity contribution < 1.29 is 23.7 Å². The van der Waals surface area contributed by atoms with E-state index in [-0.39, 0.29) is 18.4 Å². The normalized spacial score (nSPS) is 17.0. The molecule has 6 heteroatoms. The predicted molar refractivity (Wildman–Crippen MR) is 86.2 cm³/mol. The Morgan fingerprint density at radius 2 is 1.88 bits per heavy atom. The third kappa shape index (κ3) is 2.58. The molecule has 0 aliphatic carbocycles. The van der Waals surface area contributed by atoms with Crippen molar-refractivity contribution in [3.63, 3.8) is 0 Å². The standard InChI is InChI=1S/C18H13NO5/c1-21-13-5-3-12(4-6-13)17-19-14(18(20)24-17)8-11-2-7-15-16(9-11)23-10-22-15/h2-9H,10H2,1H3. The van der Waals surface area contributed by atoms with Crippen molar-refractivity contribution in [1.82, 2.24) is 0 Å². The first-order valence-electron chi connectivity index (χ1n) is 7.29. The predicted octanol–water partition coefficient (Wildman–Crippen LogP) is 2.77. The van der Waals surface area contributed by atoms with Gasteiger partial charge in [0.1, 0.15) is 5.75 Å². The summed E-state index contributed by atoms with van der Waals surface area (Å²) >= 11 is 0. The number of hydrogen-bond acceptors (Lipinski definition) is 6.